The van der Waals surface area contributed by atoms with Crippen LogP contribution in [0.5, 0.6) is 0 Å². The molecule has 5 heteroatoms. The SMILES string of the molecule is O=C(O)OC(O)Cl. The molecule has 0 fully saturated rings. The quantitative estimate of drug-likeness (QED) is 0.299. The van der Waals surface area contributed by atoms with Crippen molar-refractivity contribution in [3.63, 3.8) is 0 Å². The van der Waals surface area contributed by atoms with Gasteiger partial charge in [-0.1, -0.05) is 0 Å². The summed E-state index contributed by atoms with van der Waals surface area (Å²) in [6.07, 6.45) is -1.59. The minimum atomic E-state index is -1.75. The van der Waals surface area contributed by atoms with Gasteiger partial charge in [0.05, 0.1) is 0 Å². The molecule has 0 spiro atoms. The molecule has 2 N–H and O–H groups in total. The highest BCUT2D eigenvalue weighted by Crippen LogP contribution is 1.90. The summed E-state index contributed by atoms with van der Waals surface area (Å²) < 4.78 is 3.49. The summed E-state index contributed by atoms with van der Waals surface area (Å²) >= 11 is 4.63. The zero-order chi connectivity index (χ0) is 5.86. The third-order valence-corrected chi connectivity index (χ3v) is 0.287. The molecule has 1 unspecified atom stereocenters. The molecule has 0 rings (SSSR count). The van der Waals surface area contributed by atoms with Gasteiger partial charge in [-0.3, -0.25) is 0 Å². The predicted molar refractivity (Wildman–Crippen MR) is 21.0 cm³/mol. The van der Waals surface area contributed by atoms with Crippen molar-refractivity contribution >= 4 is 17.8 Å². The van der Waals surface area contributed by atoms with Crippen LogP contribution >= 0.6 is 11.6 Å². The van der Waals surface area contributed by atoms with Crippen LogP contribution in [0.2, 0.25) is 0 Å². The number of alkyl halides is 1. The maximum Gasteiger partial charge on any atom is 0.509 e. The minimum absolute atomic E-state index is 1.59. The lowest BCUT2D eigenvalue weighted by atomic mass is 11.3. The Morgan fingerprint density at radius 2 is 2.29 bits per heavy atom. The lowest BCUT2D eigenvalue weighted by Crippen LogP contribution is -2.08. The van der Waals surface area contributed by atoms with Crippen molar-refractivity contribution < 1.29 is 19.7 Å². The number of aliphatic hydroxyl groups excluding tert-OH is 1. The number of rotatable bonds is 1. The van der Waals surface area contributed by atoms with Crippen molar-refractivity contribution in [2.45, 2.75) is 5.75 Å². The van der Waals surface area contributed by atoms with Crippen molar-refractivity contribution in [2.24, 2.45) is 0 Å². The highest BCUT2D eigenvalue weighted by Gasteiger charge is 2.01. The first-order valence-electron chi connectivity index (χ1n) is 1.34. The molecule has 0 amide bonds. The van der Waals surface area contributed by atoms with Gasteiger partial charge in [-0.15, -0.1) is 0 Å². The summed E-state index contributed by atoms with van der Waals surface area (Å²) in [5.74, 6) is -1.75. The second-order valence-corrected chi connectivity index (χ2v) is 1.05. The Kier molecular flexibility index (Phi) is 2.47. The first kappa shape index (κ1) is 6.52. The minimum Gasteiger partial charge on any atom is -0.450 e. The zero-order valence-electron chi connectivity index (χ0n) is 3.17. The molecule has 4 nitrogen and oxygen atoms in total. The van der Waals surface area contributed by atoms with E-state index in [2.05, 4.69) is 16.3 Å². The molecule has 0 heterocycles. The maximum absolute atomic E-state index is 9.34. The fourth-order valence-electron chi connectivity index (χ4n) is 0.0832. The number of halogens is 1. The van der Waals surface area contributed by atoms with Crippen LogP contribution in [0.4, 0.5) is 4.79 Å². The second kappa shape index (κ2) is 2.65. The van der Waals surface area contributed by atoms with Gasteiger partial charge in [-0.2, -0.15) is 0 Å². The van der Waals surface area contributed by atoms with Crippen molar-refractivity contribution in [1.29, 1.82) is 0 Å². The highest BCUT2D eigenvalue weighted by atomic mass is 35.5. The average molecular weight is 126 g/mol. The molecule has 7 heavy (non-hydrogen) atoms. The Hall–Kier alpha value is -0.480. The lowest BCUT2D eigenvalue weighted by Gasteiger charge is -1.96. The van der Waals surface area contributed by atoms with E-state index in [0.717, 1.165) is 0 Å². The van der Waals surface area contributed by atoms with E-state index < -0.39 is 11.9 Å². The Morgan fingerprint density at radius 1 is 1.86 bits per heavy atom. The normalized spacial score (nSPS) is 12.9. The molecule has 0 aliphatic rings. The van der Waals surface area contributed by atoms with Crippen LogP contribution in [0.25, 0.3) is 0 Å². The molecule has 0 aromatic rings. The average Bonchev–Trinajstić information content (AvgIpc) is 1.27. The summed E-state index contributed by atoms with van der Waals surface area (Å²) in [6, 6.07) is 0. The summed E-state index contributed by atoms with van der Waals surface area (Å²) in [5.41, 5.74) is 0. The molecule has 0 aromatic heterocycles. The summed E-state index contributed by atoms with van der Waals surface area (Å²) in [5, 5.41) is 15.5. The topological polar surface area (TPSA) is 66.8 Å². The van der Waals surface area contributed by atoms with Gasteiger partial charge in [0.25, 0.3) is 5.75 Å². The fourth-order valence-corrected chi connectivity index (χ4v) is 0.159. The number of ether oxygens (including phenoxy) is 1. The Morgan fingerprint density at radius 3 is 2.29 bits per heavy atom. The van der Waals surface area contributed by atoms with Gasteiger partial charge >= 0.3 is 6.16 Å². The largest absolute Gasteiger partial charge is 0.509 e. The molecule has 0 saturated heterocycles. The van der Waals surface area contributed by atoms with Crippen LogP contribution in [0, 0.1) is 0 Å². The number of aliphatic hydroxyl groups is 1. The fraction of sp³-hybridized carbons (Fsp3) is 0.500. The van der Waals surface area contributed by atoms with Crippen LogP contribution in [-0.2, 0) is 4.74 Å². The third kappa shape index (κ3) is 5.52. The Balaban J connectivity index is 3.13. The van der Waals surface area contributed by atoms with Gasteiger partial charge in [-0.25, -0.2) is 4.79 Å². The molecular formula is C2H3ClO4. The van der Waals surface area contributed by atoms with E-state index in [1.807, 2.05) is 0 Å². The van der Waals surface area contributed by atoms with Gasteiger partial charge in [-0.05, 0) is 11.6 Å². The van der Waals surface area contributed by atoms with Crippen LogP contribution in [0.3, 0.4) is 0 Å². The molecule has 0 radical (unpaired) electrons. The first-order valence-corrected chi connectivity index (χ1v) is 1.78. The molecule has 0 bridgehead atoms. The third-order valence-electron chi connectivity index (χ3n) is 0.198. The van der Waals surface area contributed by atoms with Crippen molar-refractivity contribution in [3.05, 3.63) is 0 Å². The van der Waals surface area contributed by atoms with Gasteiger partial charge in [0, 0.05) is 0 Å². The van der Waals surface area contributed by atoms with Crippen LogP contribution in [-0.4, -0.2) is 22.1 Å². The van der Waals surface area contributed by atoms with Crippen molar-refractivity contribution in [3.8, 4) is 0 Å². The van der Waals surface area contributed by atoms with Crippen molar-refractivity contribution in [2.75, 3.05) is 0 Å². The second-order valence-electron chi connectivity index (χ2n) is 0.676. The van der Waals surface area contributed by atoms with Crippen molar-refractivity contribution in [1.82, 2.24) is 0 Å². The Labute approximate surface area is 44.3 Å². The van der Waals surface area contributed by atoms with Gasteiger partial charge in [0.2, 0.25) is 0 Å². The smallest absolute Gasteiger partial charge is 0.450 e. The van der Waals surface area contributed by atoms with E-state index >= 15 is 0 Å². The highest BCUT2D eigenvalue weighted by molar-refractivity contribution is 6.19. The van der Waals surface area contributed by atoms with E-state index in [1.165, 1.54) is 0 Å². The van der Waals surface area contributed by atoms with Crippen LogP contribution < -0.4 is 0 Å². The molecule has 42 valence electrons. The number of carboxylic acid groups (broad SMARTS) is 1. The van der Waals surface area contributed by atoms with Gasteiger partial charge in [0.15, 0.2) is 0 Å². The Bertz CT molecular complexity index is 70.1. The molecule has 0 aliphatic heterocycles. The summed E-state index contributed by atoms with van der Waals surface area (Å²) in [6.45, 7) is 0. The molecule has 0 saturated carbocycles. The van der Waals surface area contributed by atoms with E-state index in [4.69, 9.17) is 10.2 Å². The molecule has 0 aromatic carbocycles. The first-order chi connectivity index (χ1) is 3.13. The van der Waals surface area contributed by atoms with E-state index in [0.29, 0.717) is 0 Å². The number of carbonyl (C=O) groups is 1. The van der Waals surface area contributed by atoms with Crippen LogP contribution in [0.15, 0.2) is 0 Å². The standard InChI is InChI=1S/C2H3ClO4/c3-1(4)7-2(5)6/h1,4H,(H,5,6). The van der Waals surface area contributed by atoms with Crippen LogP contribution in [0.1, 0.15) is 0 Å². The number of hydrogen-bond donors (Lipinski definition) is 2. The summed E-state index contributed by atoms with van der Waals surface area (Å²) in [4.78, 5) is 9.34. The molecular weight excluding hydrogens is 123 g/mol. The summed E-state index contributed by atoms with van der Waals surface area (Å²) in [7, 11) is 0. The zero-order valence-corrected chi connectivity index (χ0v) is 3.92. The van der Waals surface area contributed by atoms with E-state index in [1.54, 1.807) is 0 Å². The van der Waals surface area contributed by atoms with E-state index in [9.17, 15) is 4.79 Å². The predicted octanol–water partition coefficient (Wildman–Crippen LogP) is 0.196. The van der Waals surface area contributed by atoms with E-state index in [-0.39, 0.29) is 0 Å². The molecule has 1 atom stereocenters. The monoisotopic (exact) mass is 126 g/mol. The van der Waals surface area contributed by atoms with Gasteiger partial charge in [0.1, 0.15) is 0 Å². The lowest BCUT2D eigenvalue weighted by molar-refractivity contribution is -0.0160. The maximum atomic E-state index is 9.34. The number of hydrogen-bond acceptors (Lipinski definition) is 3. The van der Waals surface area contributed by atoms with Gasteiger partial charge < -0.3 is 14.9 Å². The molecule has 0 aliphatic carbocycles.